The lowest BCUT2D eigenvalue weighted by Gasteiger charge is -2.26. The molecule has 140 valence electrons. The minimum Gasteiger partial charge on any atom is -0.478 e. The molecule has 27 heavy (non-hydrogen) atoms. The van der Waals surface area contributed by atoms with Crippen LogP contribution in [0.4, 0.5) is 5.13 Å². The van der Waals surface area contributed by atoms with Crippen molar-refractivity contribution in [3.63, 3.8) is 0 Å². The number of nitrogens with zero attached hydrogens (tertiary/aromatic N) is 3. The molecule has 7 nitrogen and oxygen atoms in total. The van der Waals surface area contributed by atoms with Crippen LogP contribution in [0.1, 0.15) is 31.3 Å². The quantitative estimate of drug-likeness (QED) is 0.790. The average Bonchev–Trinajstić information content (AvgIpc) is 3.09. The lowest BCUT2D eigenvalue weighted by atomic mass is 9.96. The maximum Gasteiger partial charge on any atom is 0.336 e. The molecular weight excluding hydrogens is 390 g/mol. The van der Waals surface area contributed by atoms with Gasteiger partial charge >= 0.3 is 5.97 Å². The molecule has 4 rings (SSSR count). The maximum absolute atomic E-state index is 12.7. The summed E-state index contributed by atoms with van der Waals surface area (Å²) in [5.74, 6) is -1.36. The second kappa shape index (κ2) is 7.30. The number of fused-ring (bicyclic) bond motifs is 1. The Bertz CT molecular complexity index is 936. The molecule has 9 heteroatoms. The summed E-state index contributed by atoms with van der Waals surface area (Å²) in [5, 5.41) is 10.3. The van der Waals surface area contributed by atoms with Gasteiger partial charge in [0.05, 0.1) is 31.0 Å². The Morgan fingerprint density at radius 3 is 2.74 bits per heavy atom. The third-order valence-corrected chi connectivity index (χ3v) is 5.87. The van der Waals surface area contributed by atoms with Crippen LogP contribution in [0.25, 0.3) is 5.57 Å². The van der Waals surface area contributed by atoms with Gasteiger partial charge in [0, 0.05) is 30.4 Å². The van der Waals surface area contributed by atoms with Gasteiger partial charge in [-0.15, -0.1) is 0 Å². The van der Waals surface area contributed by atoms with E-state index in [1.54, 1.807) is 30.3 Å². The molecular formula is C18H16ClN3O4S. The Morgan fingerprint density at radius 1 is 1.26 bits per heavy atom. The monoisotopic (exact) mass is 405 g/mol. The average molecular weight is 406 g/mol. The van der Waals surface area contributed by atoms with Crippen LogP contribution in [0, 0.1) is 0 Å². The van der Waals surface area contributed by atoms with Gasteiger partial charge in [-0.2, -0.15) is 0 Å². The van der Waals surface area contributed by atoms with E-state index in [0.717, 1.165) is 4.42 Å². The van der Waals surface area contributed by atoms with E-state index in [9.17, 15) is 14.7 Å². The molecule has 0 spiro atoms. The highest BCUT2D eigenvalue weighted by atomic mass is 35.5. The first-order chi connectivity index (χ1) is 13.1. The third-order valence-electron chi connectivity index (χ3n) is 4.47. The van der Waals surface area contributed by atoms with Gasteiger partial charge in [0.15, 0.2) is 5.13 Å². The van der Waals surface area contributed by atoms with Crippen molar-refractivity contribution in [3.8, 4) is 0 Å². The lowest BCUT2D eigenvalue weighted by molar-refractivity contribution is 0.0696. The lowest BCUT2D eigenvalue weighted by Crippen LogP contribution is -2.36. The number of carboxylic acid groups (broad SMARTS) is 1. The van der Waals surface area contributed by atoms with E-state index in [-0.39, 0.29) is 18.0 Å². The fourth-order valence-electron chi connectivity index (χ4n) is 3.13. The van der Waals surface area contributed by atoms with Crippen molar-refractivity contribution in [2.24, 2.45) is 0 Å². The van der Waals surface area contributed by atoms with Crippen molar-refractivity contribution >= 4 is 45.7 Å². The number of carboxylic acids is 1. The van der Waals surface area contributed by atoms with E-state index < -0.39 is 5.97 Å². The zero-order chi connectivity index (χ0) is 19.0. The van der Waals surface area contributed by atoms with Crippen molar-refractivity contribution in [2.75, 3.05) is 37.7 Å². The molecule has 0 radical (unpaired) electrons. The maximum atomic E-state index is 12.7. The number of ether oxygens (including phenoxy) is 1. The number of carbonyl (C=O) groups excluding carboxylic acids is 1. The van der Waals surface area contributed by atoms with Gasteiger partial charge in [0.1, 0.15) is 4.88 Å². The summed E-state index contributed by atoms with van der Waals surface area (Å²) in [6.07, 6.45) is 1.75. The number of hydrogen-bond donors (Lipinski definition) is 1. The number of aromatic nitrogens is 1. The number of hydrogen-bond acceptors (Lipinski definition) is 6. The number of thiazole rings is 1. The van der Waals surface area contributed by atoms with E-state index in [4.69, 9.17) is 21.5 Å². The van der Waals surface area contributed by atoms with Crippen LogP contribution in [0.5, 0.6) is 0 Å². The van der Waals surface area contributed by atoms with Crippen molar-refractivity contribution in [2.45, 2.75) is 0 Å². The summed E-state index contributed by atoms with van der Waals surface area (Å²) in [6.45, 7) is 2.75. The number of benzene rings is 1. The zero-order valence-corrected chi connectivity index (χ0v) is 15.8. The van der Waals surface area contributed by atoms with Gasteiger partial charge in [-0.1, -0.05) is 35.6 Å². The summed E-state index contributed by atoms with van der Waals surface area (Å²) >= 11 is 7.39. The molecule has 2 aliphatic heterocycles. The first-order valence-corrected chi connectivity index (χ1v) is 9.56. The molecule has 1 aromatic heterocycles. The molecule has 1 saturated heterocycles. The fraction of sp³-hybridized carbons (Fsp3) is 0.278. The van der Waals surface area contributed by atoms with E-state index in [2.05, 4.69) is 4.90 Å². The summed E-state index contributed by atoms with van der Waals surface area (Å²) in [4.78, 5) is 31.5. The highest BCUT2D eigenvalue weighted by molar-refractivity contribution is 7.17. The Labute approximate surface area is 164 Å². The molecule has 1 aromatic carbocycles. The molecule has 1 amide bonds. The number of aromatic carboxylic acids is 1. The Hall–Kier alpha value is -2.42. The predicted octanol–water partition coefficient (Wildman–Crippen LogP) is 2.72. The van der Waals surface area contributed by atoms with Gasteiger partial charge in [-0.25, -0.2) is 14.2 Å². The number of amides is 1. The highest BCUT2D eigenvalue weighted by Crippen LogP contribution is 2.37. The van der Waals surface area contributed by atoms with Crippen molar-refractivity contribution < 1.29 is 19.4 Å². The first kappa shape index (κ1) is 18.0. The zero-order valence-electron chi connectivity index (χ0n) is 14.2. The molecule has 1 fully saturated rings. The second-order valence-corrected chi connectivity index (χ2v) is 7.48. The van der Waals surface area contributed by atoms with Crippen LogP contribution in [-0.2, 0) is 4.74 Å². The third kappa shape index (κ3) is 3.31. The van der Waals surface area contributed by atoms with Crippen LogP contribution in [0.3, 0.4) is 0 Å². The predicted molar refractivity (Wildman–Crippen MR) is 103 cm³/mol. The Kier molecular flexibility index (Phi) is 4.86. The molecule has 0 unspecified atom stereocenters. The number of rotatable bonds is 3. The summed E-state index contributed by atoms with van der Waals surface area (Å²) in [5.41, 5.74) is 1.76. The summed E-state index contributed by atoms with van der Waals surface area (Å²) in [6, 6.07) is 6.70. The van der Waals surface area contributed by atoms with Gasteiger partial charge in [0.2, 0.25) is 0 Å². The van der Waals surface area contributed by atoms with Gasteiger partial charge < -0.3 is 14.7 Å². The van der Waals surface area contributed by atoms with E-state index in [1.807, 2.05) is 0 Å². The van der Waals surface area contributed by atoms with Crippen LogP contribution >= 0.6 is 23.1 Å². The summed E-state index contributed by atoms with van der Waals surface area (Å²) < 4.78 is 6.47. The molecule has 0 aliphatic carbocycles. The standard InChI is InChI=1S/C18H16ClN3O4S/c19-22-6-5-12(11-3-1-2-4-13(11)17(24)25)14-15(16(22)23)27-18(20-14)21-7-9-26-10-8-21/h1-5H,6-10H2,(H,24,25). The van der Waals surface area contributed by atoms with E-state index >= 15 is 0 Å². The van der Waals surface area contributed by atoms with Gasteiger partial charge in [-0.3, -0.25) is 4.79 Å². The van der Waals surface area contributed by atoms with E-state index in [0.29, 0.717) is 53.1 Å². The molecule has 2 aliphatic rings. The van der Waals surface area contributed by atoms with Crippen molar-refractivity contribution in [1.82, 2.24) is 9.40 Å². The smallest absolute Gasteiger partial charge is 0.336 e. The van der Waals surface area contributed by atoms with Crippen LogP contribution in [-0.4, -0.2) is 59.2 Å². The summed E-state index contributed by atoms with van der Waals surface area (Å²) in [7, 11) is 0. The van der Waals surface area contributed by atoms with Gasteiger partial charge in [0.25, 0.3) is 5.91 Å². The Balaban J connectivity index is 1.85. The molecule has 2 aromatic rings. The van der Waals surface area contributed by atoms with Crippen LogP contribution < -0.4 is 4.90 Å². The molecule has 1 N–H and O–H groups in total. The second-order valence-electron chi connectivity index (χ2n) is 6.09. The molecule has 3 heterocycles. The Morgan fingerprint density at radius 2 is 2.00 bits per heavy atom. The molecule has 0 atom stereocenters. The number of carbonyl (C=O) groups is 2. The highest BCUT2D eigenvalue weighted by Gasteiger charge is 2.30. The largest absolute Gasteiger partial charge is 0.478 e. The van der Waals surface area contributed by atoms with Crippen LogP contribution in [0.2, 0.25) is 0 Å². The molecule has 0 saturated carbocycles. The first-order valence-electron chi connectivity index (χ1n) is 8.40. The minimum absolute atomic E-state index is 0.158. The van der Waals surface area contributed by atoms with E-state index in [1.165, 1.54) is 11.3 Å². The van der Waals surface area contributed by atoms with Crippen LogP contribution in [0.15, 0.2) is 30.3 Å². The number of halogens is 1. The SMILES string of the molecule is O=C(O)c1ccccc1C1=CCN(Cl)C(=O)c2sc(N3CCOCC3)nc21. The fourth-order valence-corrected chi connectivity index (χ4v) is 4.41. The topological polar surface area (TPSA) is 83.0 Å². The normalized spacial score (nSPS) is 17.4. The number of anilines is 1. The van der Waals surface area contributed by atoms with Crippen molar-refractivity contribution in [3.05, 3.63) is 52.0 Å². The minimum atomic E-state index is -1.03. The van der Waals surface area contributed by atoms with Gasteiger partial charge in [-0.05, 0) is 11.6 Å². The molecule has 0 bridgehead atoms. The number of morpholine rings is 1. The van der Waals surface area contributed by atoms with Crippen molar-refractivity contribution in [1.29, 1.82) is 0 Å².